The second-order valence-electron chi connectivity index (χ2n) is 13.1. The smallest absolute Gasteiger partial charge is 0.259 e. The molecule has 2 aliphatic carbocycles. The number of amides is 1. The average molecular weight is 566 g/mol. The summed E-state index contributed by atoms with van der Waals surface area (Å²) in [7, 11) is 0. The molecule has 1 unspecified atom stereocenters. The van der Waals surface area contributed by atoms with E-state index in [1.165, 1.54) is 0 Å². The summed E-state index contributed by atoms with van der Waals surface area (Å²) >= 11 is 0. The van der Waals surface area contributed by atoms with Crippen LogP contribution in [0.4, 0.5) is 15.9 Å². The molecule has 2 heterocycles. The first-order valence-corrected chi connectivity index (χ1v) is 14.9. The molecule has 5 rings (SSSR count). The van der Waals surface area contributed by atoms with E-state index in [-0.39, 0.29) is 22.7 Å². The Balaban J connectivity index is 1.42. The van der Waals surface area contributed by atoms with Crippen molar-refractivity contribution in [2.45, 2.75) is 84.2 Å². The molecule has 42 heavy (non-hydrogen) atoms. The second-order valence-corrected chi connectivity index (χ2v) is 13.1. The SMILES string of the molecule is C=C(Cc1cc(C#N)ccc1N=CC)C[C@@H]1C[C@@]2(CCC1(F)CC)CN(c1cnc(C(C)(C)C)cn1)C(=O)C1=C2C=C1. The third kappa shape index (κ3) is 5.35. The summed E-state index contributed by atoms with van der Waals surface area (Å²) in [5, 5.41) is 9.44. The van der Waals surface area contributed by atoms with Crippen LogP contribution >= 0.6 is 0 Å². The van der Waals surface area contributed by atoms with E-state index < -0.39 is 5.67 Å². The van der Waals surface area contributed by atoms with Gasteiger partial charge in [-0.05, 0) is 86.8 Å². The molecule has 0 radical (unpaired) electrons. The van der Waals surface area contributed by atoms with E-state index in [0.29, 0.717) is 62.0 Å². The molecule has 1 spiro atoms. The zero-order chi connectivity index (χ0) is 30.3. The lowest BCUT2D eigenvalue weighted by molar-refractivity contribution is -0.116. The van der Waals surface area contributed by atoms with Crippen LogP contribution in [0, 0.1) is 22.7 Å². The predicted octanol–water partition coefficient (Wildman–Crippen LogP) is 7.67. The fourth-order valence-corrected chi connectivity index (χ4v) is 6.81. The number of allylic oxidation sites excluding steroid dienone is 2. The molecule has 6 nitrogen and oxygen atoms in total. The number of halogens is 1. The highest BCUT2D eigenvalue weighted by molar-refractivity contribution is 6.11. The number of nitriles is 1. The number of aromatic nitrogens is 2. The Kier molecular flexibility index (Phi) is 7.78. The third-order valence-electron chi connectivity index (χ3n) is 9.33. The fraction of sp³-hybridized carbons (Fsp3) is 0.457. The van der Waals surface area contributed by atoms with Crippen molar-refractivity contribution in [3.63, 3.8) is 0 Å². The van der Waals surface area contributed by atoms with Crippen LogP contribution in [0.2, 0.25) is 0 Å². The Morgan fingerprint density at radius 1 is 1.26 bits per heavy atom. The molecular weight excluding hydrogens is 525 g/mol. The van der Waals surface area contributed by atoms with Crippen molar-refractivity contribution in [2.75, 3.05) is 11.4 Å². The van der Waals surface area contributed by atoms with Gasteiger partial charge < -0.3 is 0 Å². The van der Waals surface area contributed by atoms with Gasteiger partial charge in [-0.3, -0.25) is 19.7 Å². The van der Waals surface area contributed by atoms with Gasteiger partial charge in [-0.2, -0.15) is 5.26 Å². The number of aliphatic imine (C=N–C) groups is 1. The van der Waals surface area contributed by atoms with Gasteiger partial charge in [0.2, 0.25) is 0 Å². The van der Waals surface area contributed by atoms with Crippen molar-refractivity contribution in [1.82, 2.24) is 9.97 Å². The van der Waals surface area contributed by atoms with Gasteiger partial charge in [0.25, 0.3) is 5.91 Å². The molecule has 1 aromatic carbocycles. The zero-order valence-corrected chi connectivity index (χ0v) is 25.4. The molecule has 3 atom stereocenters. The third-order valence-corrected chi connectivity index (χ3v) is 9.33. The van der Waals surface area contributed by atoms with E-state index in [1.807, 2.05) is 38.1 Å². The quantitative estimate of drug-likeness (QED) is 0.255. The molecule has 1 saturated carbocycles. The predicted molar refractivity (Wildman–Crippen MR) is 166 cm³/mol. The first-order chi connectivity index (χ1) is 19.9. The molecule has 2 aromatic rings. The first-order valence-electron chi connectivity index (χ1n) is 14.9. The van der Waals surface area contributed by atoms with Gasteiger partial charge in [0.15, 0.2) is 5.82 Å². The zero-order valence-electron chi connectivity index (χ0n) is 25.4. The van der Waals surface area contributed by atoms with Gasteiger partial charge in [0, 0.05) is 29.2 Å². The van der Waals surface area contributed by atoms with E-state index in [0.717, 1.165) is 28.1 Å². The van der Waals surface area contributed by atoms with Crippen molar-refractivity contribution in [3.05, 3.63) is 82.9 Å². The van der Waals surface area contributed by atoms with Crippen LogP contribution in [-0.4, -0.2) is 34.3 Å². The van der Waals surface area contributed by atoms with Gasteiger partial charge >= 0.3 is 0 Å². The van der Waals surface area contributed by atoms with E-state index in [1.54, 1.807) is 29.6 Å². The van der Waals surface area contributed by atoms with Crippen LogP contribution < -0.4 is 4.90 Å². The van der Waals surface area contributed by atoms with Crippen molar-refractivity contribution >= 4 is 23.6 Å². The number of carbonyl (C=O) groups excluding carboxylic acids is 1. The molecule has 1 amide bonds. The highest BCUT2D eigenvalue weighted by Gasteiger charge is 2.54. The summed E-state index contributed by atoms with van der Waals surface area (Å²) in [4.78, 5) is 29.0. The molecule has 0 saturated heterocycles. The minimum absolute atomic E-state index is 0.0640. The first kappa shape index (κ1) is 29.6. The van der Waals surface area contributed by atoms with Crippen LogP contribution in [0.25, 0.3) is 0 Å². The molecular formula is C35H40FN5O. The Bertz CT molecular complexity index is 1540. The number of rotatable bonds is 7. The topological polar surface area (TPSA) is 82.2 Å². The number of alkyl halides is 1. The van der Waals surface area contributed by atoms with Crippen LogP contribution in [0.15, 0.2) is 71.0 Å². The van der Waals surface area contributed by atoms with Crippen LogP contribution in [0.1, 0.15) is 83.5 Å². The number of hydrogen-bond donors (Lipinski definition) is 0. The molecule has 0 N–H and O–H groups in total. The minimum Gasteiger partial charge on any atom is -0.291 e. The standard InChI is InChI=1S/C35H40FN5O/c1-7-35(36)14-13-34(18-26(35)16-23(3)15-25-17-24(19-37)9-12-29(25)38-8-2)22-41(32(42)27-10-11-28(27)34)31-21-39-30(20-40-31)33(4,5)6/h8-12,17,20-21,26H,3,7,13-16,18,22H2,1-2,4-6H3/t26-,34+,35?/m1/s1. The Labute approximate surface area is 248 Å². The fourth-order valence-electron chi connectivity index (χ4n) is 6.81. The Morgan fingerprint density at radius 2 is 2.05 bits per heavy atom. The molecule has 3 aliphatic rings. The molecule has 7 heteroatoms. The minimum atomic E-state index is -1.32. The van der Waals surface area contributed by atoms with Crippen LogP contribution in [-0.2, 0) is 16.6 Å². The normalized spacial score (nSPS) is 25.5. The van der Waals surface area contributed by atoms with E-state index in [2.05, 4.69) is 48.4 Å². The summed E-state index contributed by atoms with van der Waals surface area (Å²) in [5.41, 5.74) is 4.02. The van der Waals surface area contributed by atoms with Crippen LogP contribution in [0.3, 0.4) is 0 Å². The van der Waals surface area contributed by atoms with Crippen molar-refractivity contribution in [3.8, 4) is 6.07 Å². The summed E-state index contributed by atoms with van der Waals surface area (Å²) in [6, 6.07) is 7.67. The lowest BCUT2D eigenvalue weighted by Crippen LogP contribution is -2.55. The van der Waals surface area contributed by atoms with E-state index in [4.69, 9.17) is 0 Å². The number of anilines is 1. The van der Waals surface area contributed by atoms with Crippen molar-refractivity contribution < 1.29 is 9.18 Å². The van der Waals surface area contributed by atoms with Gasteiger partial charge in [0.1, 0.15) is 5.67 Å². The molecule has 1 aliphatic heterocycles. The number of fused-ring (bicyclic) bond motifs is 1. The highest BCUT2D eigenvalue weighted by Crippen LogP contribution is 2.57. The number of carbonyl (C=O) groups is 1. The maximum Gasteiger partial charge on any atom is 0.259 e. The largest absolute Gasteiger partial charge is 0.291 e. The van der Waals surface area contributed by atoms with Gasteiger partial charge in [-0.15, -0.1) is 0 Å². The summed E-state index contributed by atoms with van der Waals surface area (Å²) in [6.07, 6.45) is 12.3. The maximum atomic E-state index is 16.6. The average Bonchev–Trinajstić information content (AvgIpc) is 2.93. The molecule has 1 aromatic heterocycles. The Morgan fingerprint density at radius 3 is 2.64 bits per heavy atom. The number of nitrogens with zero attached hydrogens (tertiary/aromatic N) is 5. The molecule has 218 valence electrons. The van der Waals surface area contributed by atoms with Gasteiger partial charge in [-0.25, -0.2) is 9.37 Å². The molecule has 1 fully saturated rings. The van der Waals surface area contributed by atoms with E-state index >= 15 is 4.39 Å². The van der Waals surface area contributed by atoms with Crippen LogP contribution in [0.5, 0.6) is 0 Å². The van der Waals surface area contributed by atoms with Gasteiger partial charge in [-0.1, -0.05) is 45.9 Å². The summed E-state index contributed by atoms with van der Waals surface area (Å²) in [6.45, 7) is 14.9. The Hall–Kier alpha value is -3.92. The lowest BCUT2D eigenvalue weighted by Gasteiger charge is -2.53. The van der Waals surface area contributed by atoms with Gasteiger partial charge in [0.05, 0.1) is 35.4 Å². The molecule has 0 bridgehead atoms. The van der Waals surface area contributed by atoms with Crippen molar-refractivity contribution in [1.29, 1.82) is 5.26 Å². The van der Waals surface area contributed by atoms with Crippen molar-refractivity contribution in [2.24, 2.45) is 16.3 Å². The number of hydrogen-bond acceptors (Lipinski definition) is 5. The highest BCUT2D eigenvalue weighted by atomic mass is 19.1. The maximum absolute atomic E-state index is 16.6. The second kappa shape index (κ2) is 11.1. The number of benzene rings is 1. The monoisotopic (exact) mass is 565 g/mol. The summed E-state index contributed by atoms with van der Waals surface area (Å²) in [5.74, 6) is 0.216. The lowest BCUT2D eigenvalue weighted by atomic mass is 9.56. The summed E-state index contributed by atoms with van der Waals surface area (Å²) < 4.78 is 16.6. The van der Waals surface area contributed by atoms with E-state index in [9.17, 15) is 10.1 Å².